The number of nitrogens with two attached hydrogens (primary N) is 1. The van der Waals surface area contributed by atoms with Crippen molar-refractivity contribution in [2.24, 2.45) is 0 Å². The number of carbonyl (C=O) groups is 1. The molecule has 0 heterocycles. The average Bonchev–Trinajstić information content (AvgIpc) is 2.18. The molecule has 2 heteroatoms. The predicted octanol–water partition coefficient (Wildman–Crippen LogP) is 2.23. The highest BCUT2D eigenvalue weighted by Gasteiger charge is 2.00. The SMILES string of the molecule is Nc1cccc2c(C=O)cccc12. The van der Waals surface area contributed by atoms with Gasteiger partial charge in [0, 0.05) is 16.6 Å². The van der Waals surface area contributed by atoms with Crippen molar-refractivity contribution < 1.29 is 4.79 Å². The molecule has 2 aromatic carbocycles. The summed E-state index contributed by atoms with van der Waals surface area (Å²) >= 11 is 0. The van der Waals surface area contributed by atoms with Gasteiger partial charge >= 0.3 is 0 Å². The minimum absolute atomic E-state index is 0.685. The van der Waals surface area contributed by atoms with Crippen molar-refractivity contribution in [3.05, 3.63) is 42.0 Å². The first kappa shape index (κ1) is 7.80. The second-order valence-corrected chi connectivity index (χ2v) is 2.91. The van der Waals surface area contributed by atoms with Crippen LogP contribution in [0.3, 0.4) is 0 Å². The Morgan fingerprint density at radius 2 is 1.69 bits per heavy atom. The van der Waals surface area contributed by atoms with Crippen LogP contribution in [0, 0.1) is 0 Å². The number of hydrogen-bond acceptors (Lipinski definition) is 2. The topological polar surface area (TPSA) is 43.1 Å². The van der Waals surface area contributed by atoms with E-state index in [9.17, 15) is 4.79 Å². The number of aldehydes is 1. The maximum Gasteiger partial charge on any atom is 0.150 e. The highest BCUT2D eigenvalue weighted by atomic mass is 16.1. The lowest BCUT2D eigenvalue weighted by Gasteiger charge is -2.02. The fourth-order valence-electron chi connectivity index (χ4n) is 1.46. The maximum absolute atomic E-state index is 10.7. The van der Waals surface area contributed by atoms with E-state index in [2.05, 4.69) is 0 Å². The molecule has 0 saturated heterocycles. The third-order valence-corrected chi connectivity index (χ3v) is 2.12. The van der Waals surface area contributed by atoms with Crippen molar-refractivity contribution in [3.8, 4) is 0 Å². The fraction of sp³-hybridized carbons (Fsp3) is 0. The molecule has 0 radical (unpaired) electrons. The van der Waals surface area contributed by atoms with Crippen LogP contribution in [-0.4, -0.2) is 6.29 Å². The van der Waals surface area contributed by atoms with Crippen molar-refractivity contribution in [2.45, 2.75) is 0 Å². The molecule has 0 saturated carbocycles. The summed E-state index contributed by atoms with van der Waals surface area (Å²) in [5, 5.41) is 1.85. The highest BCUT2D eigenvalue weighted by molar-refractivity contribution is 6.02. The van der Waals surface area contributed by atoms with Crippen molar-refractivity contribution in [3.63, 3.8) is 0 Å². The van der Waals surface area contributed by atoms with Crippen LogP contribution >= 0.6 is 0 Å². The number of anilines is 1. The van der Waals surface area contributed by atoms with E-state index in [0.717, 1.165) is 17.1 Å². The van der Waals surface area contributed by atoms with E-state index in [-0.39, 0.29) is 0 Å². The van der Waals surface area contributed by atoms with Gasteiger partial charge in [-0.25, -0.2) is 0 Å². The molecular weight excluding hydrogens is 162 g/mol. The van der Waals surface area contributed by atoms with Crippen LogP contribution < -0.4 is 5.73 Å². The molecule has 0 unspecified atom stereocenters. The second kappa shape index (κ2) is 2.90. The van der Waals surface area contributed by atoms with E-state index in [1.54, 1.807) is 6.07 Å². The van der Waals surface area contributed by atoms with Gasteiger partial charge in [-0.1, -0.05) is 30.3 Å². The van der Waals surface area contributed by atoms with Gasteiger partial charge in [-0.2, -0.15) is 0 Å². The molecule has 0 fully saturated rings. The molecule has 64 valence electrons. The Morgan fingerprint density at radius 3 is 2.46 bits per heavy atom. The van der Waals surface area contributed by atoms with E-state index in [4.69, 9.17) is 5.73 Å². The Hall–Kier alpha value is -1.83. The number of fused-ring (bicyclic) bond motifs is 1. The molecule has 0 amide bonds. The summed E-state index contributed by atoms with van der Waals surface area (Å²) in [6, 6.07) is 11.1. The Morgan fingerprint density at radius 1 is 1.00 bits per heavy atom. The quantitative estimate of drug-likeness (QED) is 0.528. The zero-order chi connectivity index (χ0) is 9.26. The van der Waals surface area contributed by atoms with Gasteiger partial charge in [-0.15, -0.1) is 0 Å². The Kier molecular flexibility index (Phi) is 1.74. The molecule has 0 spiro atoms. The van der Waals surface area contributed by atoms with E-state index < -0.39 is 0 Å². The fourth-order valence-corrected chi connectivity index (χ4v) is 1.46. The van der Waals surface area contributed by atoms with Crippen molar-refractivity contribution in [1.82, 2.24) is 0 Å². The first-order valence-electron chi connectivity index (χ1n) is 4.05. The highest BCUT2D eigenvalue weighted by Crippen LogP contribution is 2.22. The number of carbonyl (C=O) groups excluding carboxylic acids is 1. The smallest absolute Gasteiger partial charge is 0.150 e. The number of nitrogen functional groups attached to an aromatic ring is 1. The van der Waals surface area contributed by atoms with Gasteiger partial charge in [0.05, 0.1) is 0 Å². The molecule has 2 aromatic rings. The summed E-state index contributed by atoms with van der Waals surface area (Å²) in [4.78, 5) is 10.7. The lowest BCUT2D eigenvalue weighted by Crippen LogP contribution is -1.88. The van der Waals surface area contributed by atoms with Crippen LogP contribution in [0.1, 0.15) is 10.4 Å². The van der Waals surface area contributed by atoms with E-state index in [0.29, 0.717) is 11.3 Å². The zero-order valence-corrected chi connectivity index (χ0v) is 7.03. The molecule has 13 heavy (non-hydrogen) atoms. The Labute approximate surface area is 76.0 Å². The largest absolute Gasteiger partial charge is 0.398 e. The lowest BCUT2D eigenvalue weighted by atomic mass is 10.0. The Balaban J connectivity index is 2.92. The van der Waals surface area contributed by atoms with Gasteiger partial charge in [0.2, 0.25) is 0 Å². The van der Waals surface area contributed by atoms with Crippen LogP contribution in [0.5, 0.6) is 0 Å². The molecule has 0 aromatic heterocycles. The molecular formula is C11H9NO. The summed E-state index contributed by atoms with van der Waals surface area (Å²) < 4.78 is 0. The van der Waals surface area contributed by atoms with Gasteiger partial charge in [-0.05, 0) is 11.5 Å². The molecule has 0 bridgehead atoms. The summed E-state index contributed by atoms with van der Waals surface area (Å²) in [5.74, 6) is 0. The maximum atomic E-state index is 10.7. The second-order valence-electron chi connectivity index (χ2n) is 2.91. The summed E-state index contributed by atoms with van der Waals surface area (Å²) in [7, 11) is 0. The molecule has 0 aliphatic heterocycles. The number of rotatable bonds is 1. The first-order valence-corrected chi connectivity index (χ1v) is 4.05. The predicted molar refractivity (Wildman–Crippen MR) is 53.7 cm³/mol. The minimum Gasteiger partial charge on any atom is -0.398 e. The van der Waals surface area contributed by atoms with Crippen LogP contribution in [0.15, 0.2) is 36.4 Å². The summed E-state index contributed by atoms with van der Waals surface area (Å²) in [5.41, 5.74) is 7.16. The molecule has 0 atom stereocenters. The van der Waals surface area contributed by atoms with Crippen LogP contribution in [0.2, 0.25) is 0 Å². The van der Waals surface area contributed by atoms with Crippen molar-refractivity contribution in [2.75, 3.05) is 5.73 Å². The normalized spacial score (nSPS) is 10.2. The van der Waals surface area contributed by atoms with Gasteiger partial charge in [0.15, 0.2) is 6.29 Å². The first-order chi connectivity index (χ1) is 6.33. The van der Waals surface area contributed by atoms with E-state index in [1.165, 1.54) is 0 Å². The molecule has 2 N–H and O–H groups in total. The standard InChI is InChI=1S/C11H9NO/c12-11-6-2-4-9-8(7-13)3-1-5-10(9)11/h1-7H,12H2. The average molecular weight is 171 g/mol. The summed E-state index contributed by atoms with van der Waals surface area (Å²) in [6.07, 6.45) is 0.849. The van der Waals surface area contributed by atoms with Gasteiger partial charge in [-0.3, -0.25) is 4.79 Å². The third kappa shape index (κ3) is 1.16. The molecule has 0 aliphatic rings. The molecule has 0 aliphatic carbocycles. The molecule has 2 rings (SSSR count). The minimum atomic E-state index is 0.685. The lowest BCUT2D eigenvalue weighted by molar-refractivity contribution is 0.112. The van der Waals surface area contributed by atoms with E-state index in [1.807, 2.05) is 30.3 Å². The van der Waals surface area contributed by atoms with Crippen LogP contribution in [0.25, 0.3) is 10.8 Å². The van der Waals surface area contributed by atoms with Crippen LogP contribution in [-0.2, 0) is 0 Å². The van der Waals surface area contributed by atoms with Crippen molar-refractivity contribution in [1.29, 1.82) is 0 Å². The van der Waals surface area contributed by atoms with Gasteiger partial charge in [0.25, 0.3) is 0 Å². The third-order valence-electron chi connectivity index (χ3n) is 2.12. The summed E-state index contributed by atoms with van der Waals surface area (Å²) in [6.45, 7) is 0. The number of benzene rings is 2. The van der Waals surface area contributed by atoms with E-state index >= 15 is 0 Å². The number of hydrogen-bond donors (Lipinski definition) is 1. The molecule has 2 nitrogen and oxygen atoms in total. The van der Waals surface area contributed by atoms with Crippen molar-refractivity contribution >= 4 is 22.7 Å². The zero-order valence-electron chi connectivity index (χ0n) is 7.03. The van der Waals surface area contributed by atoms with Gasteiger partial charge in [0.1, 0.15) is 0 Å². The monoisotopic (exact) mass is 171 g/mol. The van der Waals surface area contributed by atoms with Crippen LogP contribution in [0.4, 0.5) is 5.69 Å². The van der Waals surface area contributed by atoms with Gasteiger partial charge < -0.3 is 5.73 Å². The Bertz CT molecular complexity index is 463.